The lowest BCUT2D eigenvalue weighted by Crippen LogP contribution is -2.39. The topological polar surface area (TPSA) is 71.1 Å². The van der Waals surface area contributed by atoms with Crippen molar-refractivity contribution in [2.75, 3.05) is 19.8 Å². The molecule has 0 N–H and O–H groups in total. The molecule has 1 unspecified atom stereocenters. The highest BCUT2D eigenvalue weighted by Gasteiger charge is 2.36. The Morgan fingerprint density at radius 1 is 1.10 bits per heavy atom. The molecule has 0 aromatic heterocycles. The molecule has 20 heavy (non-hydrogen) atoms. The number of ether oxygens (including phenoxy) is 4. The molecule has 0 aliphatic carbocycles. The van der Waals surface area contributed by atoms with Crippen molar-refractivity contribution in [2.24, 2.45) is 5.92 Å². The van der Waals surface area contributed by atoms with Gasteiger partial charge in [-0.1, -0.05) is 0 Å². The van der Waals surface area contributed by atoms with E-state index in [2.05, 4.69) is 4.74 Å². The van der Waals surface area contributed by atoms with Crippen molar-refractivity contribution in [3.8, 4) is 0 Å². The molecule has 0 aromatic rings. The van der Waals surface area contributed by atoms with E-state index >= 15 is 0 Å². The maximum Gasteiger partial charge on any atom is 0.317 e. The Hall–Kier alpha value is -0.980. The van der Waals surface area contributed by atoms with Gasteiger partial charge in [0.1, 0.15) is 0 Å². The highest BCUT2D eigenvalue weighted by Crippen LogP contribution is 2.27. The lowest BCUT2D eigenvalue weighted by atomic mass is 10.00. The molecule has 6 heteroatoms. The minimum atomic E-state index is -1.05. The van der Waals surface area contributed by atoms with Gasteiger partial charge in [-0.2, -0.15) is 0 Å². The number of rotatable bonds is 10. The third-order valence-corrected chi connectivity index (χ3v) is 3.09. The van der Waals surface area contributed by atoms with Crippen molar-refractivity contribution in [2.45, 2.75) is 52.4 Å². The Morgan fingerprint density at radius 3 is 2.05 bits per heavy atom. The molecule has 1 aliphatic heterocycles. The van der Waals surface area contributed by atoms with Gasteiger partial charge in [0.25, 0.3) is 5.97 Å². The molecule has 116 valence electrons. The summed E-state index contributed by atoms with van der Waals surface area (Å²) in [5.41, 5.74) is 0. The second-order valence-corrected chi connectivity index (χ2v) is 4.57. The predicted octanol–water partition coefficient (Wildman–Crippen LogP) is 2.01. The van der Waals surface area contributed by atoms with Gasteiger partial charge in [-0.15, -0.1) is 0 Å². The summed E-state index contributed by atoms with van der Waals surface area (Å²) in [5, 5.41) is 0. The van der Waals surface area contributed by atoms with Crippen LogP contribution in [0.25, 0.3) is 0 Å². The zero-order chi connectivity index (χ0) is 15.0. The standard InChI is InChI=1S/C14H24O6/c1-4-17-14(18-5-2,19-6-3)9-7-8-11-10-12(15)20-13(11)16/h11H,4-10H2,1-3H3. The Morgan fingerprint density at radius 2 is 1.65 bits per heavy atom. The Balaban J connectivity index is 2.48. The van der Waals surface area contributed by atoms with Crippen molar-refractivity contribution in [3.63, 3.8) is 0 Å². The summed E-state index contributed by atoms with van der Waals surface area (Å²) in [6.07, 6.45) is 1.91. The minimum absolute atomic E-state index is 0.170. The molecule has 1 rings (SSSR count). The lowest BCUT2D eigenvalue weighted by Gasteiger charge is -2.32. The van der Waals surface area contributed by atoms with Crippen molar-refractivity contribution < 1.29 is 28.5 Å². The van der Waals surface area contributed by atoms with Gasteiger partial charge in [-0.3, -0.25) is 9.59 Å². The average molecular weight is 288 g/mol. The van der Waals surface area contributed by atoms with Crippen LogP contribution in [0.2, 0.25) is 0 Å². The molecular weight excluding hydrogens is 264 g/mol. The van der Waals surface area contributed by atoms with Crippen LogP contribution in [0.15, 0.2) is 0 Å². The Bertz CT molecular complexity index is 311. The monoisotopic (exact) mass is 288 g/mol. The van der Waals surface area contributed by atoms with Crippen LogP contribution in [-0.2, 0) is 28.5 Å². The van der Waals surface area contributed by atoms with Crippen LogP contribution in [0.4, 0.5) is 0 Å². The summed E-state index contributed by atoms with van der Waals surface area (Å²) >= 11 is 0. The molecule has 1 aliphatic rings. The van der Waals surface area contributed by atoms with E-state index in [1.54, 1.807) is 0 Å². The Kier molecular flexibility index (Phi) is 7.12. The summed E-state index contributed by atoms with van der Waals surface area (Å²) in [7, 11) is 0. The zero-order valence-corrected chi connectivity index (χ0v) is 12.5. The van der Waals surface area contributed by atoms with Gasteiger partial charge in [-0.05, 0) is 33.6 Å². The van der Waals surface area contributed by atoms with Crippen molar-refractivity contribution in [3.05, 3.63) is 0 Å². The number of hydrogen-bond donors (Lipinski definition) is 0. The number of carbonyl (C=O) groups excluding carboxylic acids is 2. The summed E-state index contributed by atoms with van der Waals surface area (Å²) in [4.78, 5) is 22.4. The smallest absolute Gasteiger partial charge is 0.317 e. The van der Waals surface area contributed by atoms with Gasteiger partial charge in [0.05, 0.1) is 12.3 Å². The molecule has 1 atom stereocenters. The molecule has 0 bridgehead atoms. The van der Waals surface area contributed by atoms with Crippen LogP contribution in [0.3, 0.4) is 0 Å². The van der Waals surface area contributed by atoms with E-state index in [9.17, 15) is 9.59 Å². The summed E-state index contributed by atoms with van der Waals surface area (Å²) < 4.78 is 21.3. The van der Waals surface area contributed by atoms with E-state index in [0.29, 0.717) is 39.1 Å². The molecule has 1 fully saturated rings. The third-order valence-electron chi connectivity index (χ3n) is 3.09. The first-order chi connectivity index (χ1) is 9.56. The van der Waals surface area contributed by atoms with Crippen LogP contribution >= 0.6 is 0 Å². The Labute approximate surface area is 119 Å². The van der Waals surface area contributed by atoms with Crippen LogP contribution < -0.4 is 0 Å². The zero-order valence-electron chi connectivity index (χ0n) is 12.5. The van der Waals surface area contributed by atoms with E-state index in [-0.39, 0.29) is 12.3 Å². The number of hydrogen-bond acceptors (Lipinski definition) is 6. The molecule has 6 nitrogen and oxygen atoms in total. The third kappa shape index (κ3) is 4.85. The maximum atomic E-state index is 11.4. The molecule has 1 heterocycles. The molecule has 0 amide bonds. The van der Waals surface area contributed by atoms with E-state index < -0.39 is 17.9 Å². The van der Waals surface area contributed by atoms with Gasteiger partial charge in [0.15, 0.2) is 0 Å². The first-order valence-corrected chi connectivity index (χ1v) is 7.23. The highest BCUT2D eigenvalue weighted by atomic mass is 16.9. The van der Waals surface area contributed by atoms with E-state index in [1.165, 1.54) is 0 Å². The first-order valence-electron chi connectivity index (χ1n) is 7.23. The quantitative estimate of drug-likeness (QED) is 0.348. The van der Waals surface area contributed by atoms with Crippen LogP contribution in [0.1, 0.15) is 46.5 Å². The summed E-state index contributed by atoms with van der Waals surface area (Å²) in [6.45, 7) is 7.05. The van der Waals surface area contributed by atoms with Gasteiger partial charge in [0, 0.05) is 26.2 Å². The SMILES string of the molecule is CCOC(CCCC1CC(=O)OC1=O)(OCC)OCC. The number of cyclic esters (lactones) is 2. The maximum absolute atomic E-state index is 11.4. The van der Waals surface area contributed by atoms with Crippen LogP contribution in [-0.4, -0.2) is 37.7 Å². The molecule has 0 radical (unpaired) electrons. The second-order valence-electron chi connectivity index (χ2n) is 4.57. The molecule has 0 saturated carbocycles. The molecule has 1 saturated heterocycles. The summed E-state index contributed by atoms with van der Waals surface area (Å²) in [5.74, 6) is -2.26. The first kappa shape index (κ1) is 17.1. The number of esters is 2. The summed E-state index contributed by atoms with van der Waals surface area (Å²) in [6, 6.07) is 0. The van der Waals surface area contributed by atoms with E-state index in [1.807, 2.05) is 20.8 Å². The average Bonchev–Trinajstić information content (AvgIpc) is 2.69. The van der Waals surface area contributed by atoms with Crippen molar-refractivity contribution >= 4 is 11.9 Å². The highest BCUT2D eigenvalue weighted by molar-refractivity contribution is 5.94. The van der Waals surface area contributed by atoms with Crippen LogP contribution in [0.5, 0.6) is 0 Å². The predicted molar refractivity (Wildman–Crippen MR) is 70.7 cm³/mol. The van der Waals surface area contributed by atoms with Crippen LogP contribution in [0, 0.1) is 5.92 Å². The van der Waals surface area contributed by atoms with Crippen molar-refractivity contribution in [1.82, 2.24) is 0 Å². The fourth-order valence-corrected chi connectivity index (χ4v) is 2.31. The molecule has 0 spiro atoms. The van der Waals surface area contributed by atoms with Gasteiger partial charge in [0.2, 0.25) is 0 Å². The molecular formula is C14H24O6. The van der Waals surface area contributed by atoms with Gasteiger partial charge < -0.3 is 18.9 Å². The fourth-order valence-electron chi connectivity index (χ4n) is 2.31. The van der Waals surface area contributed by atoms with Gasteiger partial charge >= 0.3 is 11.9 Å². The largest absolute Gasteiger partial charge is 0.393 e. The van der Waals surface area contributed by atoms with Crippen molar-refractivity contribution in [1.29, 1.82) is 0 Å². The lowest BCUT2D eigenvalue weighted by molar-refractivity contribution is -0.380. The van der Waals surface area contributed by atoms with E-state index in [0.717, 1.165) is 0 Å². The second kappa shape index (κ2) is 8.34. The fraction of sp³-hybridized carbons (Fsp3) is 0.857. The molecule has 0 aromatic carbocycles. The minimum Gasteiger partial charge on any atom is -0.393 e. The van der Waals surface area contributed by atoms with E-state index in [4.69, 9.17) is 14.2 Å². The normalized spacial score (nSPS) is 19.4. The van der Waals surface area contributed by atoms with Gasteiger partial charge in [-0.25, -0.2) is 0 Å². The number of carbonyl (C=O) groups is 2.